The van der Waals surface area contributed by atoms with E-state index in [0.29, 0.717) is 34.8 Å². The minimum Gasteiger partial charge on any atom is -0.366 e. The second-order valence-electron chi connectivity index (χ2n) is 5.98. The molecular weight excluding hydrogens is 356 g/mol. The SMILES string of the molecule is N#CCc1cccc(-n2nnc3cnc(Nc4ccc(C(N)=O)cc4)nc32)c1. The summed E-state index contributed by atoms with van der Waals surface area (Å²) in [6.45, 7) is 0. The number of hydrogen-bond acceptors (Lipinski definition) is 7. The molecule has 0 saturated carbocycles. The van der Waals surface area contributed by atoms with E-state index in [-0.39, 0.29) is 0 Å². The van der Waals surface area contributed by atoms with Gasteiger partial charge in [0.25, 0.3) is 0 Å². The Balaban J connectivity index is 1.67. The average molecular weight is 370 g/mol. The molecule has 0 bridgehead atoms. The molecule has 9 nitrogen and oxygen atoms in total. The zero-order chi connectivity index (χ0) is 19.5. The number of carbonyl (C=O) groups excluding carboxylic acids is 1. The highest BCUT2D eigenvalue weighted by atomic mass is 16.1. The number of nitrogens with zero attached hydrogens (tertiary/aromatic N) is 6. The van der Waals surface area contributed by atoms with Crippen LogP contribution in [0.4, 0.5) is 11.6 Å². The molecule has 0 aliphatic carbocycles. The molecule has 0 unspecified atom stereocenters. The Kier molecular flexibility index (Phi) is 4.35. The van der Waals surface area contributed by atoms with Crippen LogP contribution >= 0.6 is 0 Å². The van der Waals surface area contributed by atoms with Crippen LogP contribution in [0.2, 0.25) is 0 Å². The number of benzene rings is 2. The second-order valence-corrected chi connectivity index (χ2v) is 5.98. The Morgan fingerprint density at radius 3 is 2.79 bits per heavy atom. The number of nitrogens with one attached hydrogen (secondary N) is 1. The van der Waals surface area contributed by atoms with Gasteiger partial charge in [-0.2, -0.15) is 14.9 Å². The molecule has 2 aromatic heterocycles. The molecule has 0 saturated heterocycles. The van der Waals surface area contributed by atoms with E-state index < -0.39 is 5.91 Å². The van der Waals surface area contributed by atoms with Crippen LogP contribution in [0, 0.1) is 11.3 Å². The molecule has 0 aliphatic heterocycles. The maximum absolute atomic E-state index is 11.2. The fraction of sp³-hybridized carbons (Fsp3) is 0.0526. The maximum atomic E-state index is 11.2. The van der Waals surface area contributed by atoms with Crippen molar-refractivity contribution in [3.05, 3.63) is 65.9 Å². The fourth-order valence-electron chi connectivity index (χ4n) is 2.70. The molecule has 0 atom stereocenters. The Morgan fingerprint density at radius 1 is 1.21 bits per heavy atom. The predicted octanol–water partition coefficient (Wildman–Crippen LogP) is 2.12. The van der Waals surface area contributed by atoms with Gasteiger partial charge in [-0.15, -0.1) is 5.10 Å². The van der Waals surface area contributed by atoms with Gasteiger partial charge in [0.2, 0.25) is 11.9 Å². The zero-order valence-electron chi connectivity index (χ0n) is 14.6. The number of primary amides is 1. The molecule has 4 rings (SSSR count). The molecule has 28 heavy (non-hydrogen) atoms. The van der Waals surface area contributed by atoms with Gasteiger partial charge in [-0.1, -0.05) is 17.3 Å². The molecule has 0 aliphatic rings. The summed E-state index contributed by atoms with van der Waals surface area (Å²) in [6, 6.07) is 16.3. The minimum atomic E-state index is -0.488. The molecular formula is C19H14N8O. The van der Waals surface area contributed by atoms with E-state index in [1.54, 1.807) is 35.1 Å². The Labute approximate surface area is 159 Å². The van der Waals surface area contributed by atoms with Crippen molar-refractivity contribution in [1.82, 2.24) is 25.0 Å². The molecule has 9 heteroatoms. The second kappa shape index (κ2) is 7.13. The van der Waals surface area contributed by atoms with E-state index >= 15 is 0 Å². The van der Waals surface area contributed by atoms with Crippen molar-refractivity contribution in [2.75, 3.05) is 5.32 Å². The first-order chi connectivity index (χ1) is 13.6. The molecule has 136 valence electrons. The lowest BCUT2D eigenvalue weighted by atomic mass is 10.1. The smallest absolute Gasteiger partial charge is 0.248 e. The Bertz CT molecular complexity index is 1210. The monoisotopic (exact) mass is 370 g/mol. The third-order valence-corrected chi connectivity index (χ3v) is 4.06. The summed E-state index contributed by atoms with van der Waals surface area (Å²) in [7, 11) is 0. The van der Waals surface area contributed by atoms with Gasteiger partial charge in [-0.25, -0.2) is 4.98 Å². The molecule has 4 aromatic rings. The molecule has 2 heterocycles. The quantitative estimate of drug-likeness (QED) is 0.549. The first-order valence-corrected chi connectivity index (χ1v) is 8.35. The fourth-order valence-corrected chi connectivity index (χ4v) is 2.70. The highest BCUT2D eigenvalue weighted by molar-refractivity contribution is 5.93. The van der Waals surface area contributed by atoms with E-state index in [1.807, 2.05) is 24.3 Å². The first kappa shape index (κ1) is 17.1. The van der Waals surface area contributed by atoms with Crippen molar-refractivity contribution in [2.24, 2.45) is 5.73 Å². The normalized spacial score (nSPS) is 10.5. The lowest BCUT2D eigenvalue weighted by Crippen LogP contribution is -2.10. The van der Waals surface area contributed by atoms with Crippen LogP contribution < -0.4 is 11.1 Å². The highest BCUT2D eigenvalue weighted by Crippen LogP contribution is 2.19. The standard InChI is InChI=1S/C19H14N8O/c20-9-8-12-2-1-3-15(10-12)27-18-16(25-26-27)11-22-19(24-18)23-14-6-4-13(5-7-14)17(21)28/h1-7,10-11H,8H2,(H2,21,28)(H,22,23,24). The average Bonchev–Trinajstić information content (AvgIpc) is 3.12. The number of aromatic nitrogens is 5. The number of anilines is 2. The minimum absolute atomic E-state index is 0.309. The third-order valence-electron chi connectivity index (χ3n) is 4.06. The highest BCUT2D eigenvalue weighted by Gasteiger charge is 2.11. The van der Waals surface area contributed by atoms with Gasteiger partial charge in [0.1, 0.15) is 0 Å². The number of carbonyl (C=O) groups is 1. The number of nitrogens with two attached hydrogens (primary N) is 1. The summed E-state index contributed by atoms with van der Waals surface area (Å²) in [4.78, 5) is 19.9. The van der Waals surface area contributed by atoms with E-state index in [4.69, 9.17) is 11.0 Å². The van der Waals surface area contributed by atoms with Crippen molar-refractivity contribution in [2.45, 2.75) is 6.42 Å². The van der Waals surface area contributed by atoms with Crippen LogP contribution in [-0.2, 0) is 6.42 Å². The maximum Gasteiger partial charge on any atom is 0.248 e. The van der Waals surface area contributed by atoms with Crippen LogP contribution in [-0.4, -0.2) is 30.9 Å². The molecule has 2 aromatic carbocycles. The number of fused-ring (bicyclic) bond motifs is 1. The van der Waals surface area contributed by atoms with Crippen molar-refractivity contribution in [1.29, 1.82) is 5.26 Å². The first-order valence-electron chi connectivity index (χ1n) is 8.35. The van der Waals surface area contributed by atoms with Crippen molar-refractivity contribution in [3.63, 3.8) is 0 Å². The van der Waals surface area contributed by atoms with Gasteiger partial charge in [-0.05, 0) is 42.0 Å². The summed E-state index contributed by atoms with van der Waals surface area (Å²) in [5.74, 6) is -0.131. The van der Waals surface area contributed by atoms with Gasteiger partial charge in [-0.3, -0.25) is 4.79 Å². The zero-order valence-corrected chi connectivity index (χ0v) is 14.6. The van der Waals surface area contributed by atoms with Gasteiger partial charge in [0.05, 0.1) is 24.4 Å². The summed E-state index contributed by atoms with van der Waals surface area (Å²) < 4.78 is 1.60. The van der Waals surface area contributed by atoms with E-state index in [0.717, 1.165) is 11.3 Å². The molecule has 1 amide bonds. The Hall–Kier alpha value is -4.32. The number of rotatable bonds is 5. The largest absolute Gasteiger partial charge is 0.366 e. The third kappa shape index (κ3) is 3.34. The summed E-state index contributed by atoms with van der Waals surface area (Å²) in [5, 5.41) is 20.2. The van der Waals surface area contributed by atoms with Crippen LogP contribution in [0.3, 0.4) is 0 Å². The van der Waals surface area contributed by atoms with Gasteiger partial charge in [0, 0.05) is 11.3 Å². The van der Waals surface area contributed by atoms with Crippen LogP contribution in [0.5, 0.6) is 0 Å². The molecule has 0 radical (unpaired) electrons. The summed E-state index contributed by atoms with van der Waals surface area (Å²) >= 11 is 0. The van der Waals surface area contributed by atoms with E-state index in [2.05, 4.69) is 31.7 Å². The summed E-state index contributed by atoms with van der Waals surface area (Å²) in [6.07, 6.45) is 1.88. The number of amides is 1. The van der Waals surface area contributed by atoms with Crippen molar-refractivity contribution >= 4 is 28.7 Å². The number of hydrogen-bond donors (Lipinski definition) is 2. The topological polar surface area (TPSA) is 135 Å². The van der Waals surface area contributed by atoms with Gasteiger partial charge < -0.3 is 11.1 Å². The van der Waals surface area contributed by atoms with Crippen LogP contribution in [0.15, 0.2) is 54.7 Å². The van der Waals surface area contributed by atoms with Crippen LogP contribution in [0.25, 0.3) is 16.9 Å². The summed E-state index contributed by atoms with van der Waals surface area (Å²) in [5.41, 5.74) is 9.08. The molecule has 0 fully saturated rings. The predicted molar refractivity (Wildman–Crippen MR) is 102 cm³/mol. The molecule has 3 N–H and O–H groups in total. The van der Waals surface area contributed by atoms with E-state index in [9.17, 15) is 4.79 Å². The van der Waals surface area contributed by atoms with Crippen molar-refractivity contribution < 1.29 is 4.79 Å². The van der Waals surface area contributed by atoms with E-state index in [1.165, 1.54) is 0 Å². The Morgan fingerprint density at radius 2 is 2.04 bits per heavy atom. The van der Waals surface area contributed by atoms with Crippen LogP contribution in [0.1, 0.15) is 15.9 Å². The van der Waals surface area contributed by atoms with Gasteiger partial charge in [0.15, 0.2) is 11.2 Å². The van der Waals surface area contributed by atoms with Crippen molar-refractivity contribution in [3.8, 4) is 11.8 Å². The number of nitriles is 1. The lowest BCUT2D eigenvalue weighted by molar-refractivity contribution is 0.100. The molecule has 0 spiro atoms. The lowest BCUT2D eigenvalue weighted by Gasteiger charge is -2.06. The van der Waals surface area contributed by atoms with Gasteiger partial charge >= 0.3 is 0 Å².